The number of benzene rings is 3. The number of nitrogens with zero attached hydrogens (tertiary/aromatic N) is 2. The molecule has 164 valence electrons. The summed E-state index contributed by atoms with van der Waals surface area (Å²) < 4.78 is 8.30. The zero-order valence-electron chi connectivity index (χ0n) is 18.5. The predicted molar refractivity (Wildman–Crippen MR) is 134 cm³/mol. The molecule has 5 rings (SSSR count). The minimum atomic E-state index is 0.513. The lowest BCUT2D eigenvalue weighted by Crippen LogP contribution is -2.05. The molecule has 0 atom stereocenters. The zero-order chi connectivity index (χ0) is 22.3. The van der Waals surface area contributed by atoms with Gasteiger partial charge in [0.05, 0.1) is 5.69 Å². The smallest absolute Gasteiger partial charge is 0.181 e. The van der Waals surface area contributed by atoms with Gasteiger partial charge >= 0.3 is 0 Å². The largest absolute Gasteiger partial charge is 0.485 e. The summed E-state index contributed by atoms with van der Waals surface area (Å²) in [6.07, 6.45) is 3.84. The molecule has 0 saturated heterocycles. The second-order valence-corrected chi connectivity index (χ2v) is 8.07. The summed E-state index contributed by atoms with van der Waals surface area (Å²) in [6.45, 7) is 1.25. The van der Waals surface area contributed by atoms with E-state index in [-0.39, 0.29) is 0 Å². The van der Waals surface area contributed by atoms with Crippen LogP contribution in [-0.2, 0) is 26.0 Å². The molecule has 4 heteroatoms. The number of aryl methyl sites for hydroxylation is 2. The normalized spacial score (nSPS) is 10.9. The van der Waals surface area contributed by atoms with Crippen LogP contribution in [0.4, 0.5) is 5.82 Å². The number of hydrogen-bond acceptors (Lipinski definition) is 3. The summed E-state index contributed by atoms with van der Waals surface area (Å²) in [4.78, 5) is 5.03. The van der Waals surface area contributed by atoms with E-state index in [1.165, 1.54) is 11.1 Å². The number of anilines is 1. The highest BCUT2D eigenvalue weighted by Gasteiger charge is 2.15. The van der Waals surface area contributed by atoms with E-state index < -0.39 is 0 Å². The van der Waals surface area contributed by atoms with Gasteiger partial charge in [0.2, 0.25) is 0 Å². The van der Waals surface area contributed by atoms with Crippen LogP contribution in [0.15, 0.2) is 109 Å². The second-order valence-electron chi connectivity index (χ2n) is 8.07. The lowest BCUT2D eigenvalue weighted by Gasteiger charge is -2.10. The Morgan fingerprint density at radius 2 is 1.30 bits per heavy atom. The summed E-state index contributed by atoms with van der Waals surface area (Å²) in [6, 6.07) is 35.2. The Morgan fingerprint density at radius 3 is 2.00 bits per heavy atom. The summed E-state index contributed by atoms with van der Waals surface area (Å²) >= 11 is 0. The van der Waals surface area contributed by atoms with Gasteiger partial charge in [-0.1, -0.05) is 91.0 Å². The average Bonchev–Trinajstić information content (AvgIpc) is 3.25. The van der Waals surface area contributed by atoms with Gasteiger partial charge in [0.1, 0.15) is 12.4 Å². The van der Waals surface area contributed by atoms with Crippen molar-refractivity contribution in [1.82, 2.24) is 9.38 Å². The maximum Gasteiger partial charge on any atom is 0.181 e. The summed E-state index contributed by atoms with van der Waals surface area (Å²) in [5, 5.41) is 3.63. The first kappa shape index (κ1) is 20.8. The van der Waals surface area contributed by atoms with Crippen LogP contribution in [0.3, 0.4) is 0 Å². The molecule has 0 aliphatic rings. The van der Waals surface area contributed by atoms with Crippen molar-refractivity contribution in [3.05, 3.63) is 132 Å². The molecule has 0 spiro atoms. The second kappa shape index (κ2) is 10.0. The SMILES string of the molecule is c1ccc(CCc2nc3c(OCc4ccccc4)cccn3c2NCc2ccccc2)cc1. The van der Waals surface area contributed by atoms with Crippen LogP contribution in [0.2, 0.25) is 0 Å². The average molecular weight is 434 g/mol. The Morgan fingerprint density at radius 1 is 0.667 bits per heavy atom. The Labute approximate surface area is 194 Å². The fourth-order valence-electron chi connectivity index (χ4n) is 3.99. The first-order valence-corrected chi connectivity index (χ1v) is 11.4. The Bertz CT molecular complexity index is 1300. The number of hydrogen-bond donors (Lipinski definition) is 1. The first-order valence-electron chi connectivity index (χ1n) is 11.4. The maximum absolute atomic E-state index is 6.19. The fraction of sp³-hybridized carbons (Fsp3) is 0.138. The van der Waals surface area contributed by atoms with Gasteiger partial charge in [0.25, 0.3) is 0 Å². The highest BCUT2D eigenvalue weighted by atomic mass is 16.5. The summed E-state index contributed by atoms with van der Waals surface area (Å²) in [5.41, 5.74) is 5.57. The number of nitrogens with one attached hydrogen (secondary N) is 1. The van der Waals surface area contributed by atoms with Crippen molar-refractivity contribution in [3.8, 4) is 5.75 Å². The topological polar surface area (TPSA) is 38.6 Å². The monoisotopic (exact) mass is 433 g/mol. The van der Waals surface area contributed by atoms with Gasteiger partial charge in [0, 0.05) is 12.7 Å². The first-order chi connectivity index (χ1) is 16.4. The number of imidazole rings is 1. The van der Waals surface area contributed by atoms with Gasteiger partial charge in [-0.05, 0) is 41.7 Å². The Balaban J connectivity index is 1.44. The fourth-order valence-corrected chi connectivity index (χ4v) is 3.99. The summed E-state index contributed by atoms with van der Waals surface area (Å²) in [7, 11) is 0. The van der Waals surface area contributed by atoms with E-state index in [1.54, 1.807) is 0 Å². The quantitative estimate of drug-likeness (QED) is 0.296. The highest BCUT2D eigenvalue weighted by Crippen LogP contribution is 2.27. The van der Waals surface area contributed by atoms with Crippen LogP contribution in [0.5, 0.6) is 5.75 Å². The van der Waals surface area contributed by atoms with Crippen molar-refractivity contribution in [2.75, 3.05) is 5.32 Å². The van der Waals surface area contributed by atoms with E-state index in [0.717, 1.165) is 47.9 Å². The predicted octanol–water partition coefficient (Wildman–Crippen LogP) is 6.31. The third kappa shape index (κ3) is 5.07. The molecule has 0 amide bonds. The molecule has 0 aliphatic carbocycles. The molecule has 0 bridgehead atoms. The number of aromatic nitrogens is 2. The summed E-state index contributed by atoms with van der Waals surface area (Å²) in [5.74, 6) is 1.81. The molecule has 2 heterocycles. The van der Waals surface area contributed by atoms with Gasteiger partial charge < -0.3 is 10.1 Å². The standard InChI is InChI=1S/C29H27N3O/c1-4-11-23(12-5-1)18-19-26-28(30-21-24-13-6-2-7-14-24)32-20-10-17-27(29(32)31-26)33-22-25-15-8-3-9-16-25/h1-17,20,30H,18-19,21-22H2. The molecule has 0 unspecified atom stereocenters. The number of ether oxygens (including phenoxy) is 1. The van der Waals surface area contributed by atoms with Crippen LogP contribution in [-0.4, -0.2) is 9.38 Å². The minimum Gasteiger partial charge on any atom is -0.485 e. The molecule has 1 N–H and O–H groups in total. The van der Waals surface area contributed by atoms with Gasteiger partial charge in [0.15, 0.2) is 11.4 Å². The lowest BCUT2D eigenvalue weighted by molar-refractivity contribution is 0.308. The molecule has 0 fully saturated rings. The maximum atomic E-state index is 6.19. The van der Waals surface area contributed by atoms with Crippen LogP contribution in [0.1, 0.15) is 22.4 Å². The van der Waals surface area contributed by atoms with Gasteiger partial charge in [-0.2, -0.15) is 0 Å². The zero-order valence-corrected chi connectivity index (χ0v) is 18.5. The Hall–Kier alpha value is -4.05. The van der Waals surface area contributed by atoms with Crippen LogP contribution in [0.25, 0.3) is 5.65 Å². The molecule has 0 radical (unpaired) electrons. The molecule has 5 aromatic rings. The van der Waals surface area contributed by atoms with E-state index in [1.807, 2.05) is 36.4 Å². The molecule has 4 nitrogen and oxygen atoms in total. The van der Waals surface area contributed by atoms with Crippen molar-refractivity contribution in [2.45, 2.75) is 26.0 Å². The number of fused-ring (bicyclic) bond motifs is 1. The van der Waals surface area contributed by atoms with Crippen molar-refractivity contribution >= 4 is 11.5 Å². The van der Waals surface area contributed by atoms with Crippen LogP contribution in [0, 0.1) is 0 Å². The molecule has 2 aromatic heterocycles. The molecular weight excluding hydrogens is 406 g/mol. The Kier molecular flexibility index (Phi) is 6.34. The van der Waals surface area contributed by atoms with Crippen molar-refractivity contribution in [1.29, 1.82) is 0 Å². The van der Waals surface area contributed by atoms with Crippen molar-refractivity contribution in [3.63, 3.8) is 0 Å². The molecule has 33 heavy (non-hydrogen) atoms. The number of rotatable bonds is 9. The van der Waals surface area contributed by atoms with Crippen molar-refractivity contribution < 1.29 is 4.74 Å². The van der Waals surface area contributed by atoms with E-state index in [2.05, 4.69) is 82.6 Å². The lowest BCUT2D eigenvalue weighted by atomic mass is 10.1. The molecule has 3 aromatic carbocycles. The molecule has 0 saturated carbocycles. The van der Waals surface area contributed by atoms with Gasteiger partial charge in [-0.3, -0.25) is 4.40 Å². The van der Waals surface area contributed by atoms with Crippen LogP contribution < -0.4 is 10.1 Å². The highest BCUT2D eigenvalue weighted by molar-refractivity contribution is 5.63. The van der Waals surface area contributed by atoms with Gasteiger partial charge in [-0.25, -0.2) is 4.98 Å². The van der Waals surface area contributed by atoms with E-state index in [4.69, 9.17) is 9.72 Å². The minimum absolute atomic E-state index is 0.513. The van der Waals surface area contributed by atoms with E-state index in [9.17, 15) is 0 Å². The van der Waals surface area contributed by atoms with Gasteiger partial charge in [-0.15, -0.1) is 0 Å². The molecule has 0 aliphatic heterocycles. The van der Waals surface area contributed by atoms with Crippen LogP contribution >= 0.6 is 0 Å². The third-order valence-electron chi connectivity index (χ3n) is 5.72. The number of pyridine rings is 1. The van der Waals surface area contributed by atoms with Crippen molar-refractivity contribution in [2.24, 2.45) is 0 Å². The van der Waals surface area contributed by atoms with E-state index in [0.29, 0.717) is 6.61 Å². The third-order valence-corrected chi connectivity index (χ3v) is 5.72. The molecular formula is C29H27N3O. The van der Waals surface area contributed by atoms with E-state index >= 15 is 0 Å².